The lowest BCUT2D eigenvalue weighted by molar-refractivity contribution is 0.0951. The minimum atomic E-state index is -4.19. The van der Waals surface area contributed by atoms with E-state index in [2.05, 4.69) is 15.6 Å². The molecule has 206 valence electrons. The molecule has 3 aromatic rings. The number of ether oxygens (including phenoxy) is 2. The first-order valence-electron chi connectivity index (χ1n) is 11.4. The zero-order valence-corrected chi connectivity index (χ0v) is 22.2. The topological polar surface area (TPSA) is 173 Å². The summed E-state index contributed by atoms with van der Waals surface area (Å²) in [6.45, 7) is -0.00279. The number of pyridine rings is 1. The molecule has 0 aliphatic carbocycles. The van der Waals surface area contributed by atoms with Crippen molar-refractivity contribution in [3.8, 4) is 11.6 Å². The smallest absolute Gasteiger partial charge is 0.414 e. The number of carbonyl (C=O) groups excluding carboxylic acids is 3. The van der Waals surface area contributed by atoms with Gasteiger partial charge in [0.05, 0.1) is 34.8 Å². The molecule has 0 unspecified atom stereocenters. The summed E-state index contributed by atoms with van der Waals surface area (Å²) in [7, 11) is -2.71. The van der Waals surface area contributed by atoms with Gasteiger partial charge in [-0.25, -0.2) is 22.9 Å². The van der Waals surface area contributed by atoms with E-state index in [1.807, 2.05) is 4.72 Å². The summed E-state index contributed by atoms with van der Waals surface area (Å²) in [6, 6.07) is 13.0. The first-order chi connectivity index (χ1) is 18.6. The van der Waals surface area contributed by atoms with E-state index in [4.69, 9.17) is 26.2 Å². The van der Waals surface area contributed by atoms with Crippen molar-refractivity contribution in [1.29, 1.82) is 0 Å². The van der Waals surface area contributed by atoms with E-state index < -0.39 is 22.0 Å². The van der Waals surface area contributed by atoms with Gasteiger partial charge in [0.1, 0.15) is 5.75 Å². The molecule has 12 nitrogen and oxygen atoms in total. The number of nitrogens with one attached hydrogen (secondary N) is 3. The number of rotatable bonds is 11. The number of halogens is 1. The Morgan fingerprint density at radius 1 is 0.974 bits per heavy atom. The standard InChI is InChI=1S/C25H25ClN4O8S/c1-37-18-5-8-21(26)20(14-18)24(33)27-11-10-16-2-6-19(7-3-16)39(35,36)30-23(32)17-4-9-22(29-15-17)38-25(34)28-12-13-31/h2-9,14-15,31H,10-13H2,1H3,(H,27,33)(H,28,34)(H,30,32). The second-order valence-electron chi connectivity index (χ2n) is 7.86. The SMILES string of the molecule is COc1ccc(Cl)c(C(=O)NCCc2ccc(S(=O)(=O)NC(=O)c3ccc(OC(=O)NCCO)nc3)cc2)c1. The molecular formula is C25H25ClN4O8S. The fraction of sp³-hybridized carbons (Fsp3) is 0.200. The number of amides is 3. The Labute approximate surface area is 229 Å². The molecule has 0 saturated carbocycles. The summed E-state index contributed by atoms with van der Waals surface area (Å²) < 4.78 is 37.2. The highest BCUT2D eigenvalue weighted by molar-refractivity contribution is 7.90. The van der Waals surface area contributed by atoms with Crippen molar-refractivity contribution >= 4 is 39.5 Å². The number of hydrogen-bond acceptors (Lipinski definition) is 9. The minimum Gasteiger partial charge on any atom is -0.497 e. The van der Waals surface area contributed by atoms with Gasteiger partial charge >= 0.3 is 6.09 Å². The van der Waals surface area contributed by atoms with Crippen molar-refractivity contribution in [2.75, 3.05) is 26.8 Å². The van der Waals surface area contributed by atoms with Crippen molar-refractivity contribution in [1.82, 2.24) is 20.3 Å². The molecule has 0 spiro atoms. The Kier molecular flexibility index (Phi) is 10.2. The van der Waals surface area contributed by atoms with Crippen molar-refractivity contribution in [3.05, 3.63) is 82.5 Å². The molecule has 0 bridgehead atoms. The molecule has 14 heteroatoms. The van der Waals surface area contributed by atoms with E-state index in [0.717, 1.165) is 11.8 Å². The van der Waals surface area contributed by atoms with Gasteiger partial charge in [-0.05, 0) is 48.4 Å². The van der Waals surface area contributed by atoms with Crippen LogP contribution >= 0.6 is 11.6 Å². The number of carbonyl (C=O) groups is 3. The second kappa shape index (κ2) is 13.6. The van der Waals surface area contributed by atoms with Gasteiger partial charge in [-0.2, -0.15) is 0 Å². The van der Waals surface area contributed by atoms with Crippen LogP contribution in [-0.2, 0) is 16.4 Å². The fourth-order valence-electron chi connectivity index (χ4n) is 3.16. The average Bonchev–Trinajstić information content (AvgIpc) is 2.92. The summed E-state index contributed by atoms with van der Waals surface area (Å²) >= 11 is 6.09. The van der Waals surface area contributed by atoms with Crippen LogP contribution in [0.2, 0.25) is 5.02 Å². The lowest BCUT2D eigenvalue weighted by Gasteiger charge is -2.10. The van der Waals surface area contributed by atoms with Gasteiger partial charge in [0, 0.05) is 25.4 Å². The molecule has 39 heavy (non-hydrogen) atoms. The van der Waals surface area contributed by atoms with Crippen LogP contribution < -0.4 is 24.8 Å². The van der Waals surface area contributed by atoms with Gasteiger partial charge in [-0.15, -0.1) is 0 Å². The Bertz CT molecular complexity index is 1430. The fourth-order valence-corrected chi connectivity index (χ4v) is 4.34. The molecule has 4 N–H and O–H groups in total. The summed E-state index contributed by atoms with van der Waals surface area (Å²) in [6.07, 6.45) is 0.622. The van der Waals surface area contributed by atoms with E-state index >= 15 is 0 Å². The monoisotopic (exact) mass is 576 g/mol. The molecule has 0 aliphatic rings. The number of aliphatic hydroxyl groups is 1. The average molecular weight is 577 g/mol. The van der Waals surface area contributed by atoms with Crippen molar-refractivity contribution in [2.45, 2.75) is 11.3 Å². The molecular weight excluding hydrogens is 552 g/mol. The van der Waals surface area contributed by atoms with Crippen LogP contribution in [0.4, 0.5) is 4.79 Å². The molecule has 0 saturated heterocycles. The summed E-state index contributed by atoms with van der Waals surface area (Å²) in [5.41, 5.74) is 0.944. The third kappa shape index (κ3) is 8.40. The molecule has 3 amide bonds. The normalized spacial score (nSPS) is 10.8. The third-order valence-electron chi connectivity index (χ3n) is 5.16. The van der Waals surface area contributed by atoms with E-state index in [0.29, 0.717) is 12.2 Å². The van der Waals surface area contributed by atoms with Crippen molar-refractivity contribution < 1.29 is 37.4 Å². The number of methoxy groups -OCH3 is 1. The largest absolute Gasteiger partial charge is 0.497 e. The van der Waals surface area contributed by atoms with Crippen LogP contribution in [0.3, 0.4) is 0 Å². The number of sulfonamides is 1. The second-order valence-corrected chi connectivity index (χ2v) is 9.94. The quantitative estimate of drug-likeness (QED) is 0.266. The zero-order valence-electron chi connectivity index (χ0n) is 20.6. The Morgan fingerprint density at radius 2 is 1.72 bits per heavy atom. The molecule has 0 atom stereocenters. The van der Waals surface area contributed by atoms with Crippen LogP contribution in [0.15, 0.2) is 65.7 Å². The summed E-state index contributed by atoms with van der Waals surface area (Å²) in [5, 5.41) is 14.0. The Hall–Kier alpha value is -4.20. The number of nitrogens with zero attached hydrogens (tertiary/aromatic N) is 1. The van der Waals surface area contributed by atoms with Crippen LogP contribution in [0.25, 0.3) is 0 Å². The van der Waals surface area contributed by atoms with Crippen molar-refractivity contribution in [3.63, 3.8) is 0 Å². The zero-order chi connectivity index (χ0) is 28.4. The number of hydrogen-bond donors (Lipinski definition) is 4. The lowest BCUT2D eigenvalue weighted by Crippen LogP contribution is -2.31. The van der Waals surface area contributed by atoms with E-state index in [9.17, 15) is 22.8 Å². The van der Waals surface area contributed by atoms with E-state index in [1.165, 1.54) is 37.4 Å². The first kappa shape index (κ1) is 29.4. The number of aromatic nitrogens is 1. The predicted octanol–water partition coefficient (Wildman–Crippen LogP) is 1.92. The highest BCUT2D eigenvalue weighted by atomic mass is 35.5. The maximum atomic E-state index is 12.7. The van der Waals surface area contributed by atoms with E-state index in [1.54, 1.807) is 24.3 Å². The van der Waals surface area contributed by atoms with Crippen LogP contribution in [0.5, 0.6) is 11.6 Å². The highest BCUT2D eigenvalue weighted by Gasteiger charge is 2.19. The van der Waals surface area contributed by atoms with Crippen LogP contribution in [0.1, 0.15) is 26.3 Å². The molecule has 2 aromatic carbocycles. The first-order valence-corrected chi connectivity index (χ1v) is 13.3. The van der Waals surface area contributed by atoms with Gasteiger partial charge in [0.2, 0.25) is 5.88 Å². The molecule has 1 aromatic heterocycles. The van der Waals surface area contributed by atoms with Crippen LogP contribution in [0, 0.1) is 0 Å². The Morgan fingerprint density at radius 3 is 2.36 bits per heavy atom. The molecule has 1 heterocycles. The molecule has 3 rings (SSSR count). The predicted molar refractivity (Wildman–Crippen MR) is 140 cm³/mol. The van der Waals surface area contributed by atoms with Gasteiger partial charge < -0.3 is 25.2 Å². The van der Waals surface area contributed by atoms with Gasteiger partial charge in [0.15, 0.2) is 0 Å². The maximum absolute atomic E-state index is 12.7. The summed E-state index contributed by atoms with van der Waals surface area (Å²) in [5.74, 6) is -0.931. The van der Waals surface area contributed by atoms with E-state index in [-0.39, 0.29) is 52.5 Å². The molecule has 0 fully saturated rings. The van der Waals surface area contributed by atoms with Gasteiger partial charge in [0.25, 0.3) is 21.8 Å². The maximum Gasteiger partial charge on any atom is 0.414 e. The van der Waals surface area contributed by atoms with Crippen LogP contribution in [-0.4, -0.2) is 63.2 Å². The molecule has 0 radical (unpaired) electrons. The van der Waals surface area contributed by atoms with Gasteiger partial charge in [-0.1, -0.05) is 23.7 Å². The third-order valence-corrected chi connectivity index (χ3v) is 6.83. The molecule has 0 aliphatic heterocycles. The summed E-state index contributed by atoms with van der Waals surface area (Å²) in [4.78, 5) is 40.0. The highest BCUT2D eigenvalue weighted by Crippen LogP contribution is 2.22. The van der Waals surface area contributed by atoms with Crippen molar-refractivity contribution in [2.24, 2.45) is 0 Å². The minimum absolute atomic E-state index is 0.00564. The number of aliphatic hydroxyl groups excluding tert-OH is 1. The number of benzene rings is 2. The van der Waals surface area contributed by atoms with Gasteiger partial charge in [-0.3, -0.25) is 9.59 Å². The lowest BCUT2D eigenvalue weighted by atomic mass is 10.1. The Balaban J connectivity index is 1.54.